The molecule has 29 heavy (non-hydrogen) atoms. The Morgan fingerprint density at radius 3 is 2.62 bits per heavy atom. The number of piperidine rings is 2. The molecule has 2 aliphatic rings. The number of nitrogens with zero attached hydrogens (tertiary/aromatic N) is 1. The summed E-state index contributed by atoms with van der Waals surface area (Å²) in [6.45, 7) is 0.535. The molecular formula is C19H25F2N3O5. The Balaban J connectivity index is 1.72. The fourth-order valence-corrected chi connectivity index (χ4v) is 3.88. The number of aliphatic hydroxyl groups is 2. The van der Waals surface area contributed by atoms with Gasteiger partial charge in [0.1, 0.15) is 6.23 Å². The van der Waals surface area contributed by atoms with Gasteiger partial charge in [-0.1, -0.05) is 0 Å². The standard InChI is InChI=1S/C19H25F2N3O5/c20-17(21)12-9-11(22-13-2-4-15(25)23-18(13)28)1-3-14(12)24-7-5-19(29,6-8-24)10-16(26)27/h1,3,9,13,17-18,22,28-29H,2,4-8,10H2,(H,23,25)(H,26,27). The molecule has 2 heterocycles. The number of hydrogen-bond donors (Lipinski definition) is 5. The number of carboxylic acid groups (broad SMARTS) is 1. The van der Waals surface area contributed by atoms with Gasteiger partial charge in [0.25, 0.3) is 6.43 Å². The molecular weight excluding hydrogens is 388 g/mol. The van der Waals surface area contributed by atoms with Crippen LogP contribution in [0.15, 0.2) is 18.2 Å². The topological polar surface area (TPSA) is 122 Å². The van der Waals surface area contributed by atoms with Crippen LogP contribution < -0.4 is 15.5 Å². The number of carbonyl (C=O) groups excluding carboxylic acids is 1. The Morgan fingerprint density at radius 1 is 1.34 bits per heavy atom. The third kappa shape index (κ3) is 5.13. The molecule has 0 bridgehead atoms. The van der Waals surface area contributed by atoms with Crippen molar-refractivity contribution in [2.75, 3.05) is 23.3 Å². The molecule has 0 aliphatic carbocycles. The van der Waals surface area contributed by atoms with Crippen LogP contribution in [0.1, 0.15) is 44.1 Å². The van der Waals surface area contributed by atoms with Crippen LogP contribution in [0.3, 0.4) is 0 Å². The zero-order valence-electron chi connectivity index (χ0n) is 15.8. The van der Waals surface area contributed by atoms with E-state index >= 15 is 0 Å². The first-order valence-corrected chi connectivity index (χ1v) is 9.52. The first-order chi connectivity index (χ1) is 13.7. The second-order valence-corrected chi connectivity index (χ2v) is 7.66. The molecule has 1 amide bonds. The van der Waals surface area contributed by atoms with Crippen molar-refractivity contribution in [3.63, 3.8) is 0 Å². The van der Waals surface area contributed by atoms with Crippen LogP contribution in [0, 0.1) is 0 Å². The van der Waals surface area contributed by atoms with Crippen molar-refractivity contribution in [1.82, 2.24) is 5.32 Å². The van der Waals surface area contributed by atoms with Crippen LogP contribution in [0.25, 0.3) is 0 Å². The van der Waals surface area contributed by atoms with E-state index in [4.69, 9.17) is 5.11 Å². The lowest BCUT2D eigenvalue weighted by atomic mass is 9.88. The normalized spacial score (nSPS) is 24.3. The lowest BCUT2D eigenvalue weighted by Crippen LogP contribution is -2.51. The number of aliphatic hydroxyl groups excluding tert-OH is 1. The summed E-state index contributed by atoms with van der Waals surface area (Å²) in [4.78, 5) is 23.9. The van der Waals surface area contributed by atoms with Crippen LogP contribution in [0.4, 0.5) is 20.2 Å². The largest absolute Gasteiger partial charge is 0.481 e. The van der Waals surface area contributed by atoms with E-state index in [1.165, 1.54) is 6.07 Å². The van der Waals surface area contributed by atoms with E-state index in [0.717, 1.165) is 0 Å². The fraction of sp³-hybridized carbons (Fsp3) is 0.579. The fourth-order valence-electron chi connectivity index (χ4n) is 3.88. The molecule has 0 saturated carbocycles. The number of hydrogen-bond acceptors (Lipinski definition) is 6. The summed E-state index contributed by atoms with van der Waals surface area (Å²) >= 11 is 0. The molecule has 0 aromatic heterocycles. The van der Waals surface area contributed by atoms with Gasteiger partial charge >= 0.3 is 5.97 Å². The maximum absolute atomic E-state index is 13.7. The van der Waals surface area contributed by atoms with Gasteiger partial charge in [-0.25, -0.2) is 8.78 Å². The molecule has 0 spiro atoms. The number of anilines is 2. The van der Waals surface area contributed by atoms with Crippen molar-refractivity contribution in [2.45, 2.75) is 56.4 Å². The number of amides is 1. The third-order valence-electron chi connectivity index (χ3n) is 5.50. The smallest absolute Gasteiger partial charge is 0.306 e. The molecule has 2 unspecified atom stereocenters. The third-order valence-corrected chi connectivity index (χ3v) is 5.50. The van der Waals surface area contributed by atoms with Crippen LogP contribution in [0.2, 0.25) is 0 Å². The second kappa shape index (κ2) is 8.50. The van der Waals surface area contributed by atoms with Crippen molar-refractivity contribution in [2.24, 2.45) is 0 Å². The van der Waals surface area contributed by atoms with Gasteiger partial charge in [-0.3, -0.25) is 9.59 Å². The van der Waals surface area contributed by atoms with Crippen molar-refractivity contribution >= 4 is 23.3 Å². The number of carboxylic acids is 1. The van der Waals surface area contributed by atoms with E-state index in [1.54, 1.807) is 17.0 Å². The quantitative estimate of drug-likeness (QED) is 0.478. The van der Waals surface area contributed by atoms with Gasteiger partial charge < -0.3 is 30.9 Å². The van der Waals surface area contributed by atoms with Gasteiger partial charge in [-0.15, -0.1) is 0 Å². The molecule has 8 nitrogen and oxygen atoms in total. The Bertz CT molecular complexity index is 768. The Hall–Kier alpha value is -2.46. The molecule has 2 aliphatic heterocycles. The van der Waals surface area contributed by atoms with E-state index in [9.17, 15) is 28.6 Å². The first kappa shape index (κ1) is 21.3. The summed E-state index contributed by atoms with van der Waals surface area (Å²) in [5, 5.41) is 34.6. The average Bonchev–Trinajstić information content (AvgIpc) is 2.64. The average molecular weight is 413 g/mol. The predicted octanol–water partition coefficient (Wildman–Crippen LogP) is 1.44. The first-order valence-electron chi connectivity index (χ1n) is 9.52. The zero-order valence-corrected chi connectivity index (χ0v) is 15.8. The molecule has 2 fully saturated rings. The van der Waals surface area contributed by atoms with Crippen LogP contribution in [0.5, 0.6) is 0 Å². The number of halogens is 2. The molecule has 10 heteroatoms. The summed E-state index contributed by atoms with van der Waals surface area (Å²) in [6, 6.07) is 4.02. The van der Waals surface area contributed by atoms with Crippen molar-refractivity contribution in [3.05, 3.63) is 23.8 Å². The predicted molar refractivity (Wildman–Crippen MR) is 101 cm³/mol. The minimum atomic E-state index is -2.73. The van der Waals surface area contributed by atoms with Crippen molar-refractivity contribution in [3.8, 4) is 0 Å². The van der Waals surface area contributed by atoms with E-state index in [1.807, 2.05) is 0 Å². The van der Waals surface area contributed by atoms with Gasteiger partial charge in [-0.05, 0) is 37.5 Å². The molecule has 160 valence electrons. The van der Waals surface area contributed by atoms with E-state index in [0.29, 0.717) is 17.8 Å². The number of benzene rings is 1. The molecule has 2 atom stereocenters. The van der Waals surface area contributed by atoms with Crippen LogP contribution >= 0.6 is 0 Å². The summed E-state index contributed by atoms with van der Waals surface area (Å²) < 4.78 is 27.4. The molecule has 5 N–H and O–H groups in total. The lowest BCUT2D eigenvalue weighted by Gasteiger charge is -2.39. The van der Waals surface area contributed by atoms with Gasteiger partial charge in [0.15, 0.2) is 0 Å². The molecule has 2 saturated heterocycles. The number of carbonyl (C=O) groups is 2. The minimum absolute atomic E-state index is 0.177. The highest BCUT2D eigenvalue weighted by Gasteiger charge is 2.35. The number of alkyl halides is 2. The highest BCUT2D eigenvalue weighted by atomic mass is 19.3. The molecule has 1 aromatic carbocycles. The van der Waals surface area contributed by atoms with Crippen molar-refractivity contribution in [1.29, 1.82) is 0 Å². The zero-order chi connectivity index (χ0) is 21.2. The Labute approximate surface area is 166 Å². The molecule has 3 rings (SSSR count). The summed E-state index contributed by atoms with van der Waals surface area (Å²) in [6.07, 6.45) is -3.23. The second-order valence-electron chi connectivity index (χ2n) is 7.66. The Kier molecular flexibility index (Phi) is 6.23. The lowest BCUT2D eigenvalue weighted by molar-refractivity contribution is -0.143. The van der Waals surface area contributed by atoms with Gasteiger partial charge in [-0.2, -0.15) is 0 Å². The highest BCUT2D eigenvalue weighted by molar-refractivity contribution is 5.77. The summed E-state index contributed by atoms with van der Waals surface area (Å²) in [5.41, 5.74) is -0.770. The van der Waals surface area contributed by atoms with Crippen LogP contribution in [-0.4, -0.2) is 58.2 Å². The summed E-state index contributed by atoms with van der Waals surface area (Å²) in [5.74, 6) is -1.35. The minimum Gasteiger partial charge on any atom is -0.481 e. The van der Waals surface area contributed by atoms with E-state index in [-0.39, 0.29) is 50.2 Å². The molecule has 0 radical (unpaired) electrons. The molecule has 1 aromatic rings. The van der Waals surface area contributed by atoms with Gasteiger partial charge in [0.05, 0.1) is 18.1 Å². The number of aliphatic carboxylic acids is 1. The number of rotatable bonds is 6. The SMILES string of the molecule is O=C(O)CC1(O)CCN(c2ccc(NC3CCC(=O)NC3O)cc2C(F)F)CC1. The number of nitrogens with one attached hydrogen (secondary N) is 2. The maximum atomic E-state index is 13.7. The van der Waals surface area contributed by atoms with E-state index < -0.39 is 30.3 Å². The van der Waals surface area contributed by atoms with Gasteiger partial charge in [0, 0.05) is 36.4 Å². The maximum Gasteiger partial charge on any atom is 0.306 e. The van der Waals surface area contributed by atoms with Crippen LogP contribution in [-0.2, 0) is 9.59 Å². The monoisotopic (exact) mass is 413 g/mol. The summed E-state index contributed by atoms with van der Waals surface area (Å²) in [7, 11) is 0. The van der Waals surface area contributed by atoms with E-state index in [2.05, 4.69) is 10.6 Å². The Morgan fingerprint density at radius 2 is 2.03 bits per heavy atom. The van der Waals surface area contributed by atoms with Crippen molar-refractivity contribution < 1.29 is 33.7 Å². The van der Waals surface area contributed by atoms with Gasteiger partial charge in [0.2, 0.25) is 5.91 Å². The highest BCUT2D eigenvalue weighted by Crippen LogP contribution is 2.36.